The SMILES string of the molecule is Cc1ccnc(SCC(=O)Nc2cc(N)ccc2F)n1. The van der Waals surface area contributed by atoms with Crippen LogP contribution in [0, 0.1) is 12.7 Å². The lowest BCUT2D eigenvalue weighted by Gasteiger charge is -2.06. The van der Waals surface area contributed by atoms with Crippen molar-refractivity contribution >= 4 is 29.0 Å². The Balaban J connectivity index is 1.94. The van der Waals surface area contributed by atoms with Crippen molar-refractivity contribution in [2.75, 3.05) is 16.8 Å². The predicted molar refractivity (Wildman–Crippen MR) is 76.9 cm³/mol. The Kier molecular flexibility index (Phi) is 4.52. The largest absolute Gasteiger partial charge is 0.399 e. The van der Waals surface area contributed by atoms with Gasteiger partial charge in [0.05, 0.1) is 11.4 Å². The topological polar surface area (TPSA) is 80.9 Å². The van der Waals surface area contributed by atoms with Gasteiger partial charge in [-0.3, -0.25) is 4.79 Å². The van der Waals surface area contributed by atoms with E-state index in [1.54, 1.807) is 12.3 Å². The van der Waals surface area contributed by atoms with Crippen LogP contribution in [-0.4, -0.2) is 21.6 Å². The summed E-state index contributed by atoms with van der Waals surface area (Å²) in [7, 11) is 0. The Morgan fingerprint density at radius 3 is 3.00 bits per heavy atom. The van der Waals surface area contributed by atoms with Crippen LogP contribution in [0.25, 0.3) is 0 Å². The van der Waals surface area contributed by atoms with Crippen LogP contribution in [0.5, 0.6) is 0 Å². The summed E-state index contributed by atoms with van der Waals surface area (Å²) in [6, 6.07) is 5.79. The molecule has 0 spiro atoms. The highest BCUT2D eigenvalue weighted by molar-refractivity contribution is 7.99. The van der Waals surface area contributed by atoms with Crippen molar-refractivity contribution in [3.8, 4) is 0 Å². The molecule has 0 aliphatic carbocycles. The van der Waals surface area contributed by atoms with E-state index < -0.39 is 5.82 Å². The van der Waals surface area contributed by atoms with Crippen LogP contribution >= 0.6 is 11.8 Å². The quantitative estimate of drug-likeness (QED) is 0.513. The minimum absolute atomic E-state index is 0.0701. The van der Waals surface area contributed by atoms with Crippen molar-refractivity contribution in [1.29, 1.82) is 0 Å². The van der Waals surface area contributed by atoms with Gasteiger partial charge in [0.2, 0.25) is 5.91 Å². The number of rotatable bonds is 4. The Hall–Kier alpha value is -2.15. The predicted octanol–water partition coefficient (Wildman–Crippen LogP) is 2.24. The highest BCUT2D eigenvalue weighted by Crippen LogP contribution is 2.18. The first-order chi connectivity index (χ1) is 9.54. The zero-order valence-electron chi connectivity index (χ0n) is 10.8. The zero-order chi connectivity index (χ0) is 14.5. The molecule has 104 valence electrons. The molecule has 0 unspecified atom stereocenters. The average Bonchev–Trinajstić information content (AvgIpc) is 2.41. The van der Waals surface area contributed by atoms with Gasteiger partial charge in [0.25, 0.3) is 0 Å². The van der Waals surface area contributed by atoms with E-state index >= 15 is 0 Å². The smallest absolute Gasteiger partial charge is 0.234 e. The number of hydrogen-bond donors (Lipinski definition) is 2. The number of nitrogen functional groups attached to an aromatic ring is 1. The molecule has 20 heavy (non-hydrogen) atoms. The third kappa shape index (κ3) is 3.92. The van der Waals surface area contributed by atoms with Crippen LogP contribution in [0.1, 0.15) is 5.69 Å². The van der Waals surface area contributed by atoms with Crippen molar-refractivity contribution < 1.29 is 9.18 Å². The monoisotopic (exact) mass is 292 g/mol. The van der Waals surface area contributed by atoms with E-state index in [0.29, 0.717) is 10.8 Å². The number of halogens is 1. The summed E-state index contributed by atoms with van der Waals surface area (Å²) in [5, 5.41) is 2.97. The second-order valence-corrected chi connectivity index (χ2v) is 5.00. The molecule has 5 nitrogen and oxygen atoms in total. The van der Waals surface area contributed by atoms with Crippen LogP contribution in [0.4, 0.5) is 15.8 Å². The van der Waals surface area contributed by atoms with Crippen molar-refractivity contribution in [2.45, 2.75) is 12.1 Å². The first-order valence-corrected chi connectivity index (χ1v) is 6.80. The van der Waals surface area contributed by atoms with Gasteiger partial charge in [-0.2, -0.15) is 0 Å². The van der Waals surface area contributed by atoms with Gasteiger partial charge in [-0.25, -0.2) is 14.4 Å². The summed E-state index contributed by atoms with van der Waals surface area (Å²) in [4.78, 5) is 19.9. The lowest BCUT2D eigenvalue weighted by atomic mass is 10.2. The lowest BCUT2D eigenvalue weighted by Crippen LogP contribution is -2.15. The van der Waals surface area contributed by atoms with Gasteiger partial charge in [-0.1, -0.05) is 11.8 Å². The first kappa shape index (κ1) is 14.3. The maximum Gasteiger partial charge on any atom is 0.234 e. The molecule has 0 aliphatic heterocycles. The first-order valence-electron chi connectivity index (χ1n) is 5.82. The Morgan fingerprint density at radius 2 is 2.25 bits per heavy atom. The van der Waals surface area contributed by atoms with E-state index in [1.165, 1.54) is 30.0 Å². The van der Waals surface area contributed by atoms with Crippen LogP contribution in [-0.2, 0) is 4.79 Å². The molecule has 0 fully saturated rings. The number of amides is 1. The fourth-order valence-electron chi connectivity index (χ4n) is 1.45. The lowest BCUT2D eigenvalue weighted by molar-refractivity contribution is -0.113. The zero-order valence-corrected chi connectivity index (χ0v) is 11.6. The van der Waals surface area contributed by atoms with Gasteiger partial charge in [-0.05, 0) is 31.2 Å². The number of nitrogens with zero attached hydrogens (tertiary/aromatic N) is 2. The molecule has 0 saturated heterocycles. The maximum atomic E-state index is 13.4. The molecule has 3 N–H and O–H groups in total. The van der Waals surface area contributed by atoms with Crippen LogP contribution < -0.4 is 11.1 Å². The number of carbonyl (C=O) groups is 1. The van der Waals surface area contributed by atoms with Crippen molar-refractivity contribution in [1.82, 2.24) is 9.97 Å². The molecule has 2 aromatic rings. The van der Waals surface area contributed by atoms with Gasteiger partial charge in [0.1, 0.15) is 5.82 Å². The van der Waals surface area contributed by atoms with E-state index in [1.807, 2.05) is 6.92 Å². The molecule has 1 aromatic heterocycles. The normalized spacial score (nSPS) is 10.3. The fraction of sp³-hybridized carbons (Fsp3) is 0.154. The highest BCUT2D eigenvalue weighted by Gasteiger charge is 2.09. The van der Waals surface area contributed by atoms with Gasteiger partial charge in [0.15, 0.2) is 5.16 Å². The molecule has 2 rings (SSSR count). The number of benzene rings is 1. The number of anilines is 2. The summed E-state index contributed by atoms with van der Waals surface area (Å²) >= 11 is 1.18. The molecule has 1 heterocycles. The molecule has 1 aromatic carbocycles. The number of nitrogens with two attached hydrogens (primary N) is 1. The van der Waals surface area contributed by atoms with Crippen LogP contribution in [0.15, 0.2) is 35.6 Å². The molecule has 0 aliphatic rings. The van der Waals surface area contributed by atoms with Gasteiger partial charge in [0, 0.05) is 17.6 Å². The van der Waals surface area contributed by atoms with Gasteiger partial charge >= 0.3 is 0 Å². The molecular weight excluding hydrogens is 279 g/mol. The molecule has 7 heteroatoms. The fourth-order valence-corrected chi connectivity index (χ4v) is 2.13. The van der Waals surface area contributed by atoms with Crippen molar-refractivity contribution in [3.63, 3.8) is 0 Å². The molecular formula is C13H13FN4OS. The van der Waals surface area contributed by atoms with Crippen LogP contribution in [0.3, 0.4) is 0 Å². The third-order valence-electron chi connectivity index (χ3n) is 2.37. The number of carbonyl (C=O) groups excluding carboxylic acids is 1. The van der Waals surface area contributed by atoms with Gasteiger partial charge < -0.3 is 11.1 Å². The summed E-state index contributed by atoms with van der Waals surface area (Å²) in [6.45, 7) is 1.84. The summed E-state index contributed by atoms with van der Waals surface area (Å²) in [6.07, 6.45) is 1.63. The minimum atomic E-state index is -0.524. The Labute approximate surface area is 119 Å². The molecule has 0 saturated carbocycles. The number of hydrogen-bond acceptors (Lipinski definition) is 5. The third-order valence-corrected chi connectivity index (χ3v) is 3.23. The van der Waals surface area contributed by atoms with Crippen LogP contribution in [0.2, 0.25) is 0 Å². The second kappa shape index (κ2) is 6.33. The highest BCUT2D eigenvalue weighted by atomic mass is 32.2. The summed E-state index contributed by atoms with van der Waals surface area (Å²) < 4.78 is 13.4. The number of aromatic nitrogens is 2. The van der Waals surface area contributed by atoms with E-state index in [2.05, 4.69) is 15.3 Å². The van der Waals surface area contributed by atoms with E-state index in [9.17, 15) is 9.18 Å². The van der Waals surface area contributed by atoms with Crippen molar-refractivity contribution in [2.24, 2.45) is 0 Å². The second-order valence-electron chi connectivity index (χ2n) is 4.06. The molecule has 0 atom stereocenters. The summed E-state index contributed by atoms with van der Waals surface area (Å²) in [5.74, 6) is -0.772. The molecule has 0 bridgehead atoms. The van der Waals surface area contributed by atoms with E-state index in [0.717, 1.165) is 5.69 Å². The molecule has 0 radical (unpaired) electrons. The standard InChI is InChI=1S/C13H13FN4OS/c1-8-4-5-16-13(17-8)20-7-12(19)18-11-6-9(15)2-3-10(11)14/h2-6H,7,15H2,1H3,(H,18,19). The Bertz CT molecular complexity index is 636. The average molecular weight is 292 g/mol. The maximum absolute atomic E-state index is 13.4. The van der Waals surface area contributed by atoms with Crippen molar-refractivity contribution in [3.05, 3.63) is 42.0 Å². The molecule has 1 amide bonds. The number of nitrogens with one attached hydrogen (secondary N) is 1. The van der Waals surface area contributed by atoms with E-state index in [4.69, 9.17) is 5.73 Å². The number of thioether (sulfide) groups is 1. The number of aryl methyl sites for hydroxylation is 1. The van der Waals surface area contributed by atoms with Gasteiger partial charge in [-0.15, -0.1) is 0 Å². The minimum Gasteiger partial charge on any atom is -0.399 e. The Morgan fingerprint density at radius 1 is 1.45 bits per heavy atom. The van der Waals surface area contributed by atoms with E-state index in [-0.39, 0.29) is 17.3 Å². The summed E-state index contributed by atoms with van der Waals surface area (Å²) in [5.41, 5.74) is 6.82.